The minimum absolute atomic E-state index is 0.150. The van der Waals surface area contributed by atoms with E-state index in [1.807, 2.05) is 51.1 Å². The predicted molar refractivity (Wildman–Crippen MR) is 147 cm³/mol. The molecule has 3 aromatic carbocycles. The Kier molecular flexibility index (Phi) is 9.84. The molecule has 1 N–H and O–H groups in total. The average molecular weight is 543 g/mol. The van der Waals surface area contributed by atoms with Crippen molar-refractivity contribution in [1.29, 1.82) is 0 Å². The lowest BCUT2D eigenvalue weighted by molar-refractivity contribution is -0.143. The summed E-state index contributed by atoms with van der Waals surface area (Å²) in [4.78, 5) is 28.7. The first kappa shape index (κ1) is 28.4. The van der Waals surface area contributed by atoms with E-state index in [1.165, 1.54) is 4.90 Å². The van der Waals surface area contributed by atoms with Crippen molar-refractivity contribution in [2.75, 3.05) is 13.7 Å². The Hall–Kier alpha value is -3.22. The van der Waals surface area contributed by atoms with Crippen LogP contribution >= 0.6 is 23.2 Å². The summed E-state index contributed by atoms with van der Waals surface area (Å²) in [6.45, 7) is 5.62. The van der Waals surface area contributed by atoms with Crippen molar-refractivity contribution in [3.8, 4) is 11.5 Å². The topological polar surface area (TPSA) is 67.9 Å². The Morgan fingerprint density at radius 2 is 1.54 bits per heavy atom. The summed E-state index contributed by atoms with van der Waals surface area (Å²) < 4.78 is 11.0. The molecule has 0 unspecified atom stereocenters. The third kappa shape index (κ3) is 8.69. The van der Waals surface area contributed by atoms with Crippen LogP contribution in [-0.4, -0.2) is 42.0 Å². The van der Waals surface area contributed by atoms with Crippen molar-refractivity contribution in [1.82, 2.24) is 10.2 Å². The molecular weight excluding hydrogens is 511 g/mol. The van der Waals surface area contributed by atoms with E-state index in [2.05, 4.69) is 5.32 Å². The van der Waals surface area contributed by atoms with Gasteiger partial charge in [-0.25, -0.2) is 0 Å². The Morgan fingerprint density at radius 3 is 2.14 bits per heavy atom. The number of amides is 2. The molecule has 2 amide bonds. The molecule has 37 heavy (non-hydrogen) atoms. The van der Waals surface area contributed by atoms with Crippen LogP contribution in [0.1, 0.15) is 31.9 Å². The summed E-state index contributed by atoms with van der Waals surface area (Å²) in [5, 5.41) is 3.82. The molecular formula is C29H32Cl2N2O4. The van der Waals surface area contributed by atoms with Crippen LogP contribution < -0.4 is 14.8 Å². The molecule has 0 spiro atoms. The van der Waals surface area contributed by atoms with Crippen LogP contribution in [0.3, 0.4) is 0 Å². The smallest absolute Gasteiger partial charge is 0.261 e. The molecule has 0 aliphatic heterocycles. The van der Waals surface area contributed by atoms with Crippen LogP contribution in [0.5, 0.6) is 11.5 Å². The largest absolute Gasteiger partial charge is 0.497 e. The fourth-order valence-corrected chi connectivity index (χ4v) is 4.06. The van der Waals surface area contributed by atoms with Crippen molar-refractivity contribution < 1.29 is 19.1 Å². The van der Waals surface area contributed by atoms with Crippen LogP contribution in [0.2, 0.25) is 10.0 Å². The van der Waals surface area contributed by atoms with Crippen LogP contribution in [0.25, 0.3) is 0 Å². The number of nitrogens with one attached hydrogen (secondary N) is 1. The summed E-state index contributed by atoms with van der Waals surface area (Å²) in [7, 11) is 1.58. The van der Waals surface area contributed by atoms with E-state index < -0.39 is 11.6 Å². The summed E-state index contributed by atoms with van der Waals surface area (Å²) in [5.41, 5.74) is 1.19. The van der Waals surface area contributed by atoms with Gasteiger partial charge in [0.2, 0.25) is 5.91 Å². The van der Waals surface area contributed by atoms with Crippen LogP contribution in [-0.2, 0) is 22.6 Å². The number of hydrogen-bond acceptors (Lipinski definition) is 4. The summed E-state index contributed by atoms with van der Waals surface area (Å²) in [5.74, 6) is 0.602. The fraction of sp³-hybridized carbons (Fsp3) is 0.310. The van der Waals surface area contributed by atoms with E-state index in [4.69, 9.17) is 32.7 Å². The van der Waals surface area contributed by atoms with Crippen molar-refractivity contribution in [3.63, 3.8) is 0 Å². The second kappa shape index (κ2) is 12.8. The summed E-state index contributed by atoms with van der Waals surface area (Å²) >= 11 is 12.4. The third-order valence-electron chi connectivity index (χ3n) is 5.53. The van der Waals surface area contributed by atoms with Gasteiger partial charge in [0.05, 0.1) is 17.2 Å². The molecule has 0 radical (unpaired) electrons. The molecule has 6 nitrogen and oxygen atoms in total. The molecule has 0 aliphatic carbocycles. The number of hydrogen-bond donors (Lipinski definition) is 1. The highest BCUT2D eigenvalue weighted by atomic mass is 35.5. The van der Waals surface area contributed by atoms with Gasteiger partial charge in [0.1, 0.15) is 17.5 Å². The van der Waals surface area contributed by atoms with E-state index in [0.29, 0.717) is 28.0 Å². The third-order valence-corrected chi connectivity index (χ3v) is 6.27. The first-order valence-corrected chi connectivity index (χ1v) is 12.7. The minimum Gasteiger partial charge on any atom is -0.497 e. The molecule has 0 heterocycles. The van der Waals surface area contributed by atoms with Crippen molar-refractivity contribution in [3.05, 3.63) is 94.0 Å². The molecule has 0 saturated heterocycles. The average Bonchev–Trinajstić information content (AvgIpc) is 2.86. The molecule has 0 aliphatic rings. The zero-order valence-electron chi connectivity index (χ0n) is 21.5. The van der Waals surface area contributed by atoms with E-state index >= 15 is 0 Å². The highest BCUT2D eigenvalue weighted by molar-refractivity contribution is 6.42. The minimum atomic E-state index is -0.789. The van der Waals surface area contributed by atoms with E-state index in [9.17, 15) is 9.59 Å². The number of ether oxygens (including phenoxy) is 2. The normalized spacial score (nSPS) is 11.9. The Labute approximate surface area is 228 Å². The van der Waals surface area contributed by atoms with E-state index in [-0.39, 0.29) is 25.0 Å². The van der Waals surface area contributed by atoms with E-state index in [1.54, 1.807) is 49.6 Å². The van der Waals surface area contributed by atoms with Gasteiger partial charge in [0.25, 0.3) is 5.91 Å². The Bertz CT molecular complexity index is 1190. The van der Waals surface area contributed by atoms with Gasteiger partial charge in [-0.2, -0.15) is 0 Å². The summed E-state index contributed by atoms with van der Waals surface area (Å²) in [6.07, 6.45) is 0.332. The molecule has 3 rings (SSSR count). The number of rotatable bonds is 10. The predicted octanol–water partition coefficient (Wildman–Crippen LogP) is 5.94. The molecule has 0 saturated carbocycles. The number of nitrogens with zero attached hydrogens (tertiary/aromatic N) is 1. The maximum absolute atomic E-state index is 13.6. The zero-order valence-corrected chi connectivity index (χ0v) is 23.0. The van der Waals surface area contributed by atoms with Gasteiger partial charge in [0.15, 0.2) is 6.61 Å². The molecule has 1 atom stereocenters. The van der Waals surface area contributed by atoms with Crippen LogP contribution in [0.4, 0.5) is 0 Å². The van der Waals surface area contributed by atoms with Gasteiger partial charge in [-0.05, 0) is 68.3 Å². The van der Waals surface area contributed by atoms with Crippen molar-refractivity contribution >= 4 is 35.0 Å². The second-order valence-electron chi connectivity index (χ2n) is 9.68. The Morgan fingerprint density at radius 1 is 0.892 bits per heavy atom. The van der Waals surface area contributed by atoms with Gasteiger partial charge in [-0.3, -0.25) is 9.59 Å². The fourth-order valence-electron chi connectivity index (χ4n) is 3.74. The lowest BCUT2D eigenvalue weighted by Crippen LogP contribution is -2.55. The number of methoxy groups -OCH3 is 1. The van der Waals surface area contributed by atoms with Crippen molar-refractivity contribution in [2.24, 2.45) is 0 Å². The lowest BCUT2D eigenvalue weighted by Gasteiger charge is -2.33. The number of carbonyl (C=O) groups is 2. The number of halogens is 2. The molecule has 196 valence electrons. The van der Waals surface area contributed by atoms with Crippen LogP contribution in [0.15, 0.2) is 72.8 Å². The van der Waals surface area contributed by atoms with Crippen LogP contribution in [0, 0.1) is 0 Å². The molecule has 8 heteroatoms. The maximum Gasteiger partial charge on any atom is 0.261 e. The Balaban J connectivity index is 1.93. The maximum atomic E-state index is 13.6. The van der Waals surface area contributed by atoms with Gasteiger partial charge in [0, 0.05) is 18.5 Å². The molecule has 0 aromatic heterocycles. The monoisotopic (exact) mass is 542 g/mol. The second-order valence-corrected chi connectivity index (χ2v) is 10.5. The standard InChI is InChI=1S/C29H32Cl2N2O4/c1-29(2,3)32-28(35)26(17-20-8-6-5-7-9-20)33(18-21-10-15-24(30)25(31)16-21)27(34)19-37-23-13-11-22(36-4)12-14-23/h5-16,26H,17-19H2,1-4H3,(H,32,35)/t26-/m0/s1. The van der Waals surface area contributed by atoms with Gasteiger partial charge >= 0.3 is 0 Å². The number of benzene rings is 3. The number of carbonyl (C=O) groups excluding carboxylic acids is 2. The molecule has 3 aromatic rings. The van der Waals surface area contributed by atoms with E-state index in [0.717, 1.165) is 11.1 Å². The summed E-state index contributed by atoms with van der Waals surface area (Å²) in [6, 6.07) is 20.9. The van der Waals surface area contributed by atoms with Gasteiger partial charge < -0.3 is 19.7 Å². The first-order chi connectivity index (χ1) is 17.6. The van der Waals surface area contributed by atoms with Crippen molar-refractivity contribution in [2.45, 2.75) is 45.3 Å². The SMILES string of the molecule is COc1ccc(OCC(=O)N(Cc2ccc(Cl)c(Cl)c2)[C@@H](Cc2ccccc2)C(=O)NC(C)(C)C)cc1. The first-order valence-electron chi connectivity index (χ1n) is 11.9. The lowest BCUT2D eigenvalue weighted by atomic mass is 10.0. The van der Waals surface area contributed by atoms with Gasteiger partial charge in [-0.15, -0.1) is 0 Å². The molecule has 0 fully saturated rings. The molecule has 0 bridgehead atoms. The highest BCUT2D eigenvalue weighted by Gasteiger charge is 2.32. The van der Waals surface area contributed by atoms with Gasteiger partial charge in [-0.1, -0.05) is 59.6 Å². The quantitative estimate of drug-likeness (QED) is 0.344. The highest BCUT2D eigenvalue weighted by Crippen LogP contribution is 2.25. The zero-order chi connectivity index (χ0) is 27.0.